The van der Waals surface area contributed by atoms with Gasteiger partial charge < -0.3 is 19.7 Å². The van der Waals surface area contributed by atoms with Crippen molar-refractivity contribution in [3.8, 4) is 0 Å². The third-order valence-electron chi connectivity index (χ3n) is 7.03. The first-order valence-corrected chi connectivity index (χ1v) is 14.0. The maximum Gasteiger partial charge on any atom is 0.335 e. The summed E-state index contributed by atoms with van der Waals surface area (Å²) in [5.41, 5.74) is -2.58. The number of aliphatic carboxylic acids is 2. The van der Waals surface area contributed by atoms with Crippen LogP contribution in [0.4, 0.5) is 0 Å². The molecule has 0 aliphatic heterocycles. The molecule has 0 fully saturated rings. The van der Waals surface area contributed by atoms with Crippen LogP contribution in [0.1, 0.15) is 124 Å². The molecule has 0 amide bonds. The molecule has 0 saturated carbocycles. The summed E-state index contributed by atoms with van der Waals surface area (Å²) >= 11 is 0. The molecule has 0 aliphatic rings. The van der Waals surface area contributed by atoms with Gasteiger partial charge in [0.05, 0.1) is 13.2 Å². The number of carbonyl (C=O) groups is 4. The molecule has 2 atom stereocenters. The highest BCUT2D eigenvalue weighted by Crippen LogP contribution is 2.29. The Labute approximate surface area is 217 Å². The third-order valence-corrected chi connectivity index (χ3v) is 7.03. The summed E-state index contributed by atoms with van der Waals surface area (Å²) in [5.74, 6) is -4.27. The van der Waals surface area contributed by atoms with Gasteiger partial charge in [-0.15, -0.1) is 0 Å². The molecule has 0 radical (unpaired) electrons. The van der Waals surface area contributed by atoms with E-state index in [0.717, 1.165) is 57.8 Å². The standard InChI is InChI=1S/C28H50O8/c1-5-9-16-22(7-3)20-35-24(29)18-14-12-11-13-15-19-28(25(30)31,26(32)33)27(34)36-21-23(8-4)17-10-6-2/h22-23H,5-21H2,1-4H3,(H,30,31)(H,32,33). The minimum atomic E-state index is -2.58. The quantitative estimate of drug-likeness (QED) is 0.0912. The number of rotatable bonds is 23. The van der Waals surface area contributed by atoms with E-state index >= 15 is 0 Å². The van der Waals surface area contributed by atoms with Gasteiger partial charge in [-0.05, 0) is 37.5 Å². The van der Waals surface area contributed by atoms with Crippen molar-refractivity contribution in [1.82, 2.24) is 0 Å². The van der Waals surface area contributed by atoms with Gasteiger partial charge in [0.1, 0.15) is 0 Å². The van der Waals surface area contributed by atoms with E-state index in [4.69, 9.17) is 9.47 Å². The van der Waals surface area contributed by atoms with Gasteiger partial charge in [-0.3, -0.25) is 19.2 Å². The number of ether oxygens (including phenoxy) is 2. The molecule has 8 nitrogen and oxygen atoms in total. The Morgan fingerprint density at radius 2 is 1.14 bits per heavy atom. The van der Waals surface area contributed by atoms with Crippen molar-refractivity contribution < 1.29 is 38.9 Å². The molecule has 2 unspecified atom stereocenters. The Morgan fingerprint density at radius 1 is 0.667 bits per heavy atom. The predicted octanol–water partition coefficient (Wildman–Crippen LogP) is 6.39. The van der Waals surface area contributed by atoms with Crippen LogP contribution >= 0.6 is 0 Å². The molecule has 0 aromatic rings. The first-order valence-electron chi connectivity index (χ1n) is 14.0. The van der Waals surface area contributed by atoms with Gasteiger partial charge >= 0.3 is 23.9 Å². The van der Waals surface area contributed by atoms with Crippen LogP contribution in [0.25, 0.3) is 0 Å². The van der Waals surface area contributed by atoms with Crippen LogP contribution in [-0.4, -0.2) is 47.3 Å². The SMILES string of the molecule is CCCCC(CC)COC(=O)CCCCCCCC(C(=O)O)(C(=O)O)C(=O)OCC(CC)CCCC. The average molecular weight is 515 g/mol. The van der Waals surface area contributed by atoms with Gasteiger partial charge in [0.25, 0.3) is 5.41 Å². The summed E-state index contributed by atoms with van der Waals surface area (Å²) < 4.78 is 10.6. The highest BCUT2D eigenvalue weighted by molar-refractivity contribution is 6.16. The monoisotopic (exact) mass is 514 g/mol. The Hall–Kier alpha value is -2.12. The lowest BCUT2D eigenvalue weighted by Crippen LogP contribution is -2.47. The summed E-state index contributed by atoms with van der Waals surface area (Å²) in [5, 5.41) is 19.3. The molecule has 0 bridgehead atoms. The molecular formula is C28H50O8. The topological polar surface area (TPSA) is 127 Å². The van der Waals surface area contributed by atoms with Gasteiger partial charge in [-0.25, -0.2) is 0 Å². The van der Waals surface area contributed by atoms with Crippen LogP contribution in [0.3, 0.4) is 0 Å². The van der Waals surface area contributed by atoms with Gasteiger partial charge in [-0.1, -0.05) is 91.9 Å². The van der Waals surface area contributed by atoms with E-state index in [1.807, 2.05) is 6.92 Å². The number of hydrogen-bond donors (Lipinski definition) is 2. The fourth-order valence-electron chi connectivity index (χ4n) is 4.17. The Bertz CT molecular complexity index is 631. The smallest absolute Gasteiger partial charge is 0.335 e. The highest BCUT2D eigenvalue weighted by Gasteiger charge is 2.55. The van der Waals surface area contributed by atoms with E-state index in [9.17, 15) is 29.4 Å². The van der Waals surface area contributed by atoms with Crippen molar-refractivity contribution in [1.29, 1.82) is 0 Å². The second-order valence-corrected chi connectivity index (χ2v) is 9.90. The van der Waals surface area contributed by atoms with Gasteiger partial charge in [0, 0.05) is 6.42 Å². The van der Waals surface area contributed by atoms with Crippen molar-refractivity contribution in [2.75, 3.05) is 13.2 Å². The Balaban J connectivity index is 4.50. The number of carboxylic acids is 2. The molecule has 210 valence electrons. The summed E-state index contributed by atoms with van der Waals surface area (Å²) in [4.78, 5) is 48.4. The van der Waals surface area contributed by atoms with E-state index in [0.29, 0.717) is 38.2 Å². The van der Waals surface area contributed by atoms with Crippen molar-refractivity contribution in [3.05, 3.63) is 0 Å². The zero-order valence-corrected chi connectivity index (χ0v) is 23.0. The highest BCUT2D eigenvalue weighted by atomic mass is 16.5. The van der Waals surface area contributed by atoms with E-state index in [2.05, 4.69) is 20.8 Å². The fraction of sp³-hybridized carbons (Fsp3) is 0.857. The fourth-order valence-corrected chi connectivity index (χ4v) is 4.17. The van der Waals surface area contributed by atoms with Crippen LogP contribution in [-0.2, 0) is 28.7 Å². The molecule has 0 spiro atoms. The maximum absolute atomic E-state index is 12.6. The van der Waals surface area contributed by atoms with Gasteiger partial charge in [0.2, 0.25) is 0 Å². The Kier molecular flexibility index (Phi) is 18.8. The molecule has 0 aliphatic carbocycles. The number of esters is 2. The minimum absolute atomic E-state index is 0.0331. The maximum atomic E-state index is 12.6. The zero-order chi connectivity index (χ0) is 27.4. The van der Waals surface area contributed by atoms with Crippen molar-refractivity contribution in [3.63, 3.8) is 0 Å². The van der Waals surface area contributed by atoms with Crippen LogP contribution < -0.4 is 0 Å². The lowest BCUT2D eigenvalue weighted by atomic mass is 9.82. The number of carbonyl (C=O) groups excluding carboxylic acids is 2. The molecule has 2 N–H and O–H groups in total. The Morgan fingerprint density at radius 3 is 1.61 bits per heavy atom. The van der Waals surface area contributed by atoms with Crippen molar-refractivity contribution in [2.45, 2.75) is 124 Å². The second kappa shape index (κ2) is 20.0. The summed E-state index contributed by atoms with van der Waals surface area (Å²) in [6.45, 7) is 8.77. The molecular weight excluding hydrogens is 464 g/mol. The largest absolute Gasteiger partial charge is 0.480 e. The predicted molar refractivity (Wildman–Crippen MR) is 139 cm³/mol. The molecule has 8 heteroatoms. The number of unbranched alkanes of at least 4 members (excludes halogenated alkanes) is 6. The molecule has 0 aromatic carbocycles. The van der Waals surface area contributed by atoms with Crippen LogP contribution in [0, 0.1) is 17.3 Å². The molecule has 0 heterocycles. The average Bonchev–Trinajstić information content (AvgIpc) is 2.85. The van der Waals surface area contributed by atoms with Crippen LogP contribution in [0.15, 0.2) is 0 Å². The lowest BCUT2D eigenvalue weighted by molar-refractivity contribution is -0.180. The molecule has 0 saturated heterocycles. The number of hydrogen-bond acceptors (Lipinski definition) is 6. The van der Waals surface area contributed by atoms with E-state index in [1.165, 1.54) is 0 Å². The summed E-state index contributed by atoms with van der Waals surface area (Å²) in [6.07, 6.45) is 10.9. The van der Waals surface area contributed by atoms with E-state index < -0.39 is 23.3 Å². The summed E-state index contributed by atoms with van der Waals surface area (Å²) in [6, 6.07) is 0. The molecule has 0 aromatic heterocycles. The second-order valence-electron chi connectivity index (χ2n) is 9.90. The molecule has 36 heavy (non-hydrogen) atoms. The van der Waals surface area contributed by atoms with Crippen molar-refractivity contribution >= 4 is 23.9 Å². The van der Waals surface area contributed by atoms with E-state index in [1.54, 1.807) is 0 Å². The van der Waals surface area contributed by atoms with Gasteiger partial charge in [-0.2, -0.15) is 0 Å². The van der Waals surface area contributed by atoms with Gasteiger partial charge in [0.15, 0.2) is 0 Å². The zero-order valence-electron chi connectivity index (χ0n) is 23.0. The van der Waals surface area contributed by atoms with Crippen LogP contribution in [0.5, 0.6) is 0 Å². The van der Waals surface area contributed by atoms with Crippen LogP contribution in [0.2, 0.25) is 0 Å². The first kappa shape index (κ1) is 33.9. The van der Waals surface area contributed by atoms with Crippen molar-refractivity contribution in [2.24, 2.45) is 17.3 Å². The van der Waals surface area contributed by atoms with E-state index in [-0.39, 0.29) is 31.3 Å². The minimum Gasteiger partial charge on any atom is -0.480 e. The number of carboxylic acid groups (broad SMARTS) is 2. The molecule has 0 rings (SSSR count). The lowest BCUT2D eigenvalue weighted by Gasteiger charge is -2.24. The third kappa shape index (κ3) is 12.7. The summed E-state index contributed by atoms with van der Waals surface area (Å²) in [7, 11) is 0. The first-order chi connectivity index (χ1) is 17.2. The normalized spacial score (nSPS) is 13.1.